The van der Waals surface area contributed by atoms with Crippen molar-refractivity contribution < 1.29 is 9.18 Å². The van der Waals surface area contributed by atoms with Crippen molar-refractivity contribution in [1.82, 2.24) is 4.90 Å². The Morgan fingerprint density at radius 2 is 1.87 bits per heavy atom. The number of rotatable bonds is 4. The fourth-order valence-electron chi connectivity index (χ4n) is 3.57. The number of halogens is 2. The first-order valence-corrected chi connectivity index (χ1v) is 8.16. The van der Waals surface area contributed by atoms with Gasteiger partial charge >= 0.3 is 0 Å². The second-order valence-corrected chi connectivity index (χ2v) is 7.53. The Morgan fingerprint density at radius 3 is 2.43 bits per heavy atom. The molecule has 2 aliphatic rings. The van der Waals surface area contributed by atoms with Gasteiger partial charge in [-0.2, -0.15) is 0 Å². The summed E-state index contributed by atoms with van der Waals surface area (Å²) in [6.45, 7) is 5.56. The summed E-state index contributed by atoms with van der Waals surface area (Å²) in [7, 11) is 0. The number of hydrogen-bond acceptors (Lipinski definition) is 2. The summed E-state index contributed by atoms with van der Waals surface area (Å²) in [5.41, 5.74) is 6.90. The van der Waals surface area contributed by atoms with E-state index in [2.05, 4.69) is 0 Å². The normalized spacial score (nSPS) is 24.4. The van der Waals surface area contributed by atoms with Crippen molar-refractivity contribution in [3.8, 4) is 0 Å². The number of carbonyl (C=O) groups excluding carboxylic acids is 1. The van der Waals surface area contributed by atoms with E-state index in [-0.39, 0.29) is 35.6 Å². The maximum atomic E-state index is 13.1. The summed E-state index contributed by atoms with van der Waals surface area (Å²) >= 11 is 0. The average Bonchev–Trinajstić information content (AvgIpc) is 3.21. The van der Waals surface area contributed by atoms with E-state index in [4.69, 9.17) is 5.73 Å². The van der Waals surface area contributed by atoms with E-state index in [1.165, 1.54) is 25.0 Å². The molecule has 1 aromatic rings. The van der Waals surface area contributed by atoms with E-state index in [9.17, 15) is 9.18 Å². The average molecular weight is 341 g/mol. The Labute approximate surface area is 143 Å². The predicted molar refractivity (Wildman–Crippen MR) is 92.1 cm³/mol. The number of benzene rings is 1. The zero-order chi connectivity index (χ0) is 15.9. The van der Waals surface area contributed by atoms with E-state index in [1.807, 2.05) is 18.7 Å². The van der Waals surface area contributed by atoms with Gasteiger partial charge < -0.3 is 10.6 Å². The van der Waals surface area contributed by atoms with Gasteiger partial charge in [-0.15, -0.1) is 12.4 Å². The molecule has 1 aliphatic carbocycles. The van der Waals surface area contributed by atoms with Crippen LogP contribution in [0.2, 0.25) is 0 Å². The zero-order valence-corrected chi connectivity index (χ0v) is 14.6. The first-order chi connectivity index (χ1) is 10.4. The van der Waals surface area contributed by atoms with Crippen molar-refractivity contribution >= 4 is 18.3 Å². The Kier molecular flexibility index (Phi) is 5.37. The van der Waals surface area contributed by atoms with Crippen LogP contribution in [0.15, 0.2) is 24.3 Å². The first-order valence-electron chi connectivity index (χ1n) is 8.16. The number of amides is 1. The van der Waals surface area contributed by atoms with Crippen LogP contribution >= 0.6 is 12.4 Å². The largest absolute Gasteiger partial charge is 0.341 e. The van der Waals surface area contributed by atoms with Gasteiger partial charge in [0.1, 0.15) is 5.82 Å². The van der Waals surface area contributed by atoms with E-state index < -0.39 is 0 Å². The smallest absolute Gasteiger partial charge is 0.223 e. The molecule has 2 fully saturated rings. The van der Waals surface area contributed by atoms with Crippen LogP contribution in [0.4, 0.5) is 4.39 Å². The molecule has 0 unspecified atom stereocenters. The van der Waals surface area contributed by atoms with Crippen molar-refractivity contribution in [3.63, 3.8) is 0 Å². The van der Waals surface area contributed by atoms with Crippen LogP contribution in [0, 0.1) is 17.7 Å². The minimum Gasteiger partial charge on any atom is -0.341 e. The molecule has 1 amide bonds. The fourth-order valence-corrected chi connectivity index (χ4v) is 3.57. The third kappa shape index (κ3) is 4.04. The van der Waals surface area contributed by atoms with Crippen molar-refractivity contribution in [2.24, 2.45) is 17.6 Å². The van der Waals surface area contributed by atoms with E-state index >= 15 is 0 Å². The van der Waals surface area contributed by atoms with Crippen LogP contribution in [-0.4, -0.2) is 29.9 Å². The molecule has 1 aliphatic heterocycles. The first kappa shape index (κ1) is 18.2. The maximum absolute atomic E-state index is 13.1. The molecule has 0 spiro atoms. The minimum absolute atomic E-state index is 0. The van der Waals surface area contributed by atoms with Gasteiger partial charge in [0, 0.05) is 25.6 Å². The lowest BCUT2D eigenvalue weighted by atomic mass is 9.81. The fraction of sp³-hybridized carbons (Fsp3) is 0.611. The molecule has 3 rings (SSSR count). The standard InChI is InChI=1S/C18H25FN2O.ClH/c1-18(2,13-5-7-14(19)8-6-13)9-17(22)21-10-15(12-3-4-12)16(20)11-21;/h5-8,12,15-16H,3-4,9-11,20H2,1-2H3;1H/t15-,16+;/m0./s1. The van der Waals surface area contributed by atoms with Gasteiger partial charge in [-0.05, 0) is 47.8 Å². The lowest BCUT2D eigenvalue weighted by Gasteiger charge is -2.27. The van der Waals surface area contributed by atoms with Crippen LogP contribution in [-0.2, 0) is 10.2 Å². The van der Waals surface area contributed by atoms with Gasteiger partial charge in [-0.3, -0.25) is 4.79 Å². The third-order valence-corrected chi connectivity index (χ3v) is 5.21. The number of nitrogens with two attached hydrogens (primary N) is 1. The summed E-state index contributed by atoms with van der Waals surface area (Å²) in [5.74, 6) is 1.13. The molecular formula is C18H26ClFN2O. The molecule has 0 bridgehead atoms. The Morgan fingerprint density at radius 1 is 1.26 bits per heavy atom. The van der Waals surface area contributed by atoms with E-state index in [0.29, 0.717) is 18.9 Å². The van der Waals surface area contributed by atoms with Crippen LogP contribution in [0.1, 0.15) is 38.7 Å². The molecule has 23 heavy (non-hydrogen) atoms. The molecule has 0 aromatic heterocycles. The topological polar surface area (TPSA) is 46.3 Å². The predicted octanol–water partition coefficient (Wildman–Crippen LogP) is 3.11. The zero-order valence-electron chi connectivity index (χ0n) is 13.8. The highest BCUT2D eigenvalue weighted by Crippen LogP contribution is 2.41. The Bertz CT molecular complexity index is 557. The number of carbonyl (C=O) groups is 1. The SMILES string of the molecule is CC(C)(CC(=O)N1C[C@@H](N)[C@H](C2CC2)C1)c1ccc(F)cc1.Cl. The van der Waals surface area contributed by atoms with Crippen LogP contribution in [0.3, 0.4) is 0 Å². The van der Waals surface area contributed by atoms with Crippen LogP contribution < -0.4 is 5.73 Å². The molecule has 3 nitrogen and oxygen atoms in total. The summed E-state index contributed by atoms with van der Waals surface area (Å²) in [5, 5.41) is 0. The van der Waals surface area contributed by atoms with Gasteiger partial charge in [0.15, 0.2) is 0 Å². The molecule has 1 saturated heterocycles. The molecule has 1 heterocycles. The Hall–Kier alpha value is -1.13. The second kappa shape index (κ2) is 6.78. The highest BCUT2D eigenvalue weighted by molar-refractivity contribution is 5.85. The molecular weight excluding hydrogens is 315 g/mol. The summed E-state index contributed by atoms with van der Waals surface area (Å²) in [6.07, 6.45) is 2.96. The minimum atomic E-state index is -0.299. The lowest BCUT2D eigenvalue weighted by Crippen LogP contribution is -2.35. The van der Waals surface area contributed by atoms with Crippen molar-refractivity contribution in [2.75, 3.05) is 13.1 Å². The summed E-state index contributed by atoms with van der Waals surface area (Å²) in [6, 6.07) is 6.58. The molecule has 1 aromatic carbocycles. The third-order valence-electron chi connectivity index (χ3n) is 5.21. The molecule has 0 radical (unpaired) electrons. The van der Waals surface area contributed by atoms with E-state index in [1.54, 1.807) is 12.1 Å². The quantitative estimate of drug-likeness (QED) is 0.915. The summed E-state index contributed by atoms with van der Waals surface area (Å²) in [4.78, 5) is 14.6. The molecule has 1 saturated carbocycles. The van der Waals surface area contributed by atoms with Gasteiger partial charge in [-0.25, -0.2) is 4.39 Å². The van der Waals surface area contributed by atoms with E-state index in [0.717, 1.165) is 18.0 Å². The maximum Gasteiger partial charge on any atom is 0.223 e. The van der Waals surface area contributed by atoms with Crippen molar-refractivity contribution in [1.29, 1.82) is 0 Å². The number of hydrogen-bond donors (Lipinski definition) is 1. The monoisotopic (exact) mass is 340 g/mol. The van der Waals surface area contributed by atoms with Gasteiger partial charge in [-0.1, -0.05) is 26.0 Å². The van der Waals surface area contributed by atoms with Gasteiger partial charge in [0.2, 0.25) is 5.91 Å². The number of likely N-dealkylation sites (tertiary alicyclic amines) is 1. The van der Waals surface area contributed by atoms with Gasteiger partial charge in [0.25, 0.3) is 0 Å². The molecule has 128 valence electrons. The molecule has 5 heteroatoms. The lowest BCUT2D eigenvalue weighted by molar-refractivity contribution is -0.131. The summed E-state index contributed by atoms with van der Waals surface area (Å²) < 4.78 is 13.1. The highest BCUT2D eigenvalue weighted by Gasteiger charge is 2.42. The molecule has 2 N–H and O–H groups in total. The van der Waals surface area contributed by atoms with Crippen LogP contribution in [0.25, 0.3) is 0 Å². The molecule has 2 atom stereocenters. The van der Waals surface area contributed by atoms with Gasteiger partial charge in [0.05, 0.1) is 0 Å². The van der Waals surface area contributed by atoms with Crippen molar-refractivity contribution in [2.45, 2.75) is 44.6 Å². The van der Waals surface area contributed by atoms with Crippen molar-refractivity contribution in [3.05, 3.63) is 35.6 Å². The highest BCUT2D eigenvalue weighted by atomic mass is 35.5. The second-order valence-electron chi connectivity index (χ2n) is 7.53. The van der Waals surface area contributed by atoms with Crippen LogP contribution in [0.5, 0.6) is 0 Å². The number of nitrogens with zero attached hydrogens (tertiary/aromatic N) is 1. The Balaban J connectivity index is 0.00000192.